The molecule has 0 aromatic rings. The molecule has 114 valence electrons. The van der Waals surface area contributed by atoms with E-state index >= 15 is 0 Å². The number of amides is 3. The molecule has 0 bridgehead atoms. The molecule has 7 nitrogen and oxygen atoms in total. The van der Waals surface area contributed by atoms with Crippen LogP contribution in [0.25, 0.3) is 0 Å². The number of hydrogen-bond acceptors (Lipinski definition) is 3. The smallest absolute Gasteiger partial charge is 0.326 e. The summed E-state index contributed by atoms with van der Waals surface area (Å²) in [5, 5.41) is 14.3. The summed E-state index contributed by atoms with van der Waals surface area (Å²) in [6.07, 6.45) is 1.96. The van der Waals surface area contributed by atoms with Crippen LogP contribution in [0.2, 0.25) is 0 Å². The van der Waals surface area contributed by atoms with Crippen molar-refractivity contribution < 1.29 is 19.5 Å². The van der Waals surface area contributed by atoms with Gasteiger partial charge in [-0.05, 0) is 18.3 Å². The minimum atomic E-state index is -1.10. The molecule has 0 unspecified atom stereocenters. The zero-order chi connectivity index (χ0) is 15.5. The number of rotatable bonds is 5. The van der Waals surface area contributed by atoms with Crippen LogP contribution in [0, 0.1) is 5.41 Å². The van der Waals surface area contributed by atoms with Gasteiger partial charge in [0, 0.05) is 13.1 Å². The van der Waals surface area contributed by atoms with Crippen LogP contribution in [-0.4, -0.2) is 53.6 Å². The maximum absolute atomic E-state index is 11.9. The molecule has 1 fully saturated rings. The van der Waals surface area contributed by atoms with Crippen molar-refractivity contribution in [3.63, 3.8) is 0 Å². The van der Waals surface area contributed by atoms with Crippen molar-refractivity contribution in [2.24, 2.45) is 5.41 Å². The van der Waals surface area contributed by atoms with Gasteiger partial charge in [-0.2, -0.15) is 0 Å². The monoisotopic (exact) mass is 285 g/mol. The van der Waals surface area contributed by atoms with Crippen LogP contribution in [0.4, 0.5) is 4.79 Å². The van der Waals surface area contributed by atoms with Crippen molar-refractivity contribution in [3.8, 4) is 0 Å². The zero-order valence-electron chi connectivity index (χ0n) is 12.4. The third kappa shape index (κ3) is 5.07. The molecule has 0 radical (unpaired) electrons. The first-order valence-electron chi connectivity index (χ1n) is 6.65. The van der Waals surface area contributed by atoms with E-state index < -0.39 is 23.5 Å². The number of hydrogen-bond donors (Lipinski definition) is 3. The molecule has 1 atom stereocenters. The van der Waals surface area contributed by atoms with E-state index in [2.05, 4.69) is 10.6 Å². The Morgan fingerprint density at radius 1 is 1.30 bits per heavy atom. The fourth-order valence-electron chi connectivity index (χ4n) is 1.67. The molecular weight excluding hydrogens is 262 g/mol. The van der Waals surface area contributed by atoms with Gasteiger partial charge < -0.3 is 20.6 Å². The Hall–Kier alpha value is -1.79. The van der Waals surface area contributed by atoms with Gasteiger partial charge in [0.25, 0.3) is 0 Å². The van der Waals surface area contributed by atoms with Gasteiger partial charge in [-0.15, -0.1) is 0 Å². The van der Waals surface area contributed by atoms with Crippen LogP contribution in [0.5, 0.6) is 0 Å². The minimum Gasteiger partial charge on any atom is -0.480 e. The summed E-state index contributed by atoms with van der Waals surface area (Å²) in [4.78, 5) is 35.8. The first-order chi connectivity index (χ1) is 9.11. The maximum Gasteiger partial charge on any atom is 0.326 e. The quantitative estimate of drug-likeness (QED) is 0.681. The van der Waals surface area contributed by atoms with Gasteiger partial charge in [0.1, 0.15) is 12.6 Å². The summed E-state index contributed by atoms with van der Waals surface area (Å²) in [7, 11) is 1.46. The molecule has 3 amide bonds. The number of urea groups is 1. The number of carboxylic acids is 1. The summed E-state index contributed by atoms with van der Waals surface area (Å²) < 4.78 is 0. The molecule has 1 aliphatic rings. The van der Waals surface area contributed by atoms with Crippen LogP contribution in [0.1, 0.15) is 33.6 Å². The average Bonchev–Trinajstić information content (AvgIpc) is 3.06. The van der Waals surface area contributed by atoms with Crippen LogP contribution in [-0.2, 0) is 9.59 Å². The summed E-state index contributed by atoms with van der Waals surface area (Å²) in [6.45, 7) is 5.10. The predicted molar refractivity (Wildman–Crippen MR) is 73.2 cm³/mol. The summed E-state index contributed by atoms with van der Waals surface area (Å²) in [5.41, 5.74) is -0.612. The molecule has 0 aromatic heterocycles. The lowest BCUT2D eigenvalue weighted by molar-refractivity contribution is -0.142. The third-order valence-corrected chi connectivity index (χ3v) is 3.05. The SMILES string of the molecule is CN(CC(=O)NC1CC1)C(=O)N[C@H](C(=O)O)C(C)(C)C. The van der Waals surface area contributed by atoms with Gasteiger partial charge in [0.2, 0.25) is 5.91 Å². The van der Waals surface area contributed by atoms with Crippen LogP contribution in [0.15, 0.2) is 0 Å². The number of aliphatic carboxylic acids is 1. The molecule has 20 heavy (non-hydrogen) atoms. The number of nitrogens with zero attached hydrogens (tertiary/aromatic N) is 1. The summed E-state index contributed by atoms with van der Waals surface area (Å²) in [6, 6.07) is -1.34. The number of carboxylic acid groups (broad SMARTS) is 1. The first-order valence-corrected chi connectivity index (χ1v) is 6.65. The Morgan fingerprint density at radius 2 is 1.85 bits per heavy atom. The van der Waals surface area contributed by atoms with Crippen molar-refractivity contribution >= 4 is 17.9 Å². The summed E-state index contributed by atoms with van der Waals surface area (Å²) >= 11 is 0. The highest BCUT2D eigenvalue weighted by atomic mass is 16.4. The van der Waals surface area contributed by atoms with Gasteiger partial charge >= 0.3 is 12.0 Å². The first kappa shape index (κ1) is 16.3. The highest BCUT2D eigenvalue weighted by Crippen LogP contribution is 2.20. The topological polar surface area (TPSA) is 98.7 Å². The van der Waals surface area contributed by atoms with Crippen molar-refractivity contribution in [3.05, 3.63) is 0 Å². The molecular formula is C13H23N3O4. The van der Waals surface area contributed by atoms with E-state index in [0.717, 1.165) is 12.8 Å². The Kier molecular flexibility index (Phi) is 4.97. The van der Waals surface area contributed by atoms with E-state index in [9.17, 15) is 14.4 Å². The lowest BCUT2D eigenvalue weighted by Crippen LogP contribution is -2.53. The lowest BCUT2D eigenvalue weighted by Gasteiger charge is -2.29. The Labute approximate surface area is 118 Å². The normalized spacial score (nSPS) is 16.2. The molecule has 1 saturated carbocycles. The van der Waals surface area contributed by atoms with Crippen LogP contribution in [0.3, 0.4) is 0 Å². The van der Waals surface area contributed by atoms with Gasteiger partial charge in [0.15, 0.2) is 0 Å². The van der Waals surface area contributed by atoms with Gasteiger partial charge in [-0.25, -0.2) is 9.59 Å². The van der Waals surface area contributed by atoms with Gasteiger partial charge in [0.05, 0.1) is 0 Å². The number of carbonyl (C=O) groups is 3. The van der Waals surface area contributed by atoms with E-state index in [0.29, 0.717) is 0 Å². The van der Waals surface area contributed by atoms with Crippen molar-refractivity contribution in [2.45, 2.75) is 45.7 Å². The molecule has 1 aliphatic carbocycles. The van der Waals surface area contributed by atoms with E-state index in [1.54, 1.807) is 20.8 Å². The van der Waals surface area contributed by atoms with Crippen molar-refractivity contribution in [2.75, 3.05) is 13.6 Å². The molecule has 0 heterocycles. The van der Waals surface area contributed by atoms with Gasteiger partial charge in [-0.3, -0.25) is 4.79 Å². The van der Waals surface area contributed by atoms with E-state index in [1.807, 2.05) is 0 Å². The largest absolute Gasteiger partial charge is 0.480 e. The van der Waals surface area contributed by atoms with Crippen molar-refractivity contribution in [1.29, 1.82) is 0 Å². The molecule has 0 saturated heterocycles. The standard InChI is InChI=1S/C13H23N3O4/c1-13(2,3)10(11(18)19)15-12(20)16(4)7-9(17)14-8-5-6-8/h8,10H,5-7H2,1-4H3,(H,14,17)(H,15,20)(H,18,19)/t10-/m1/s1. The van der Waals surface area contributed by atoms with E-state index in [4.69, 9.17) is 5.11 Å². The van der Waals surface area contributed by atoms with E-state index in [-0.39, 0.29) is 18.5 Å². The maximum atomic E-state index is 11.9. The second kappa shape index (κ2) is 6.11. The Balaban J connectivity index is 2.50. The fraction of sp³-hybridized carbons (Fsp3) is 0.769. The van der Waals surface area contributed by atoms with E-state index in [1.165, 1.54) is 11.9 Å². The molecule has 1 rings (SSSR count). The zero-order valence-corrected chi connectivity index (χ0v) is 12.4. The minimum absolute atomic E-state index is 0.0845. The molecule has 0 aromatic carbocycles. The fourth-order valence-corrected chi connectivity index (χ4v) is 1.67. The molecule has 3 N–H and O–H groups in total. The van der Waals surface area contributed by atoms with Gasteiger partial charge in [-0.1, -0.05) is 20.8 Å². The molecule has 0 spiro atoms. The number of nitrogens with one attached hydrogen (secondary N) is 2. The third-order valence-electron chi connectivity index (χ3n) is 3.05. The van der Waals surface area contributed by atoms with Crippen molar-refractivity contribution in [1.82, 2.24) is 15.5 Å². The highest BCUT2D eigenvalue weighted by Gasteiger charge is 2.33. The number of carbonyl (C=O) groups excluding carboxylic acids is 2. The second-order valence-corrected chi connectivity index (χ2v) is 6.28. The average molecular weight is 285 g/mol. The molecule has 7 heteroatoms. The second-order valence-electron chi connectivity index (χ2n) is 6.28. The Bertz CT molecular complexity index is 399. The van der Waals surface area contributed by atoms with Crippen LogP contribution >= 0.6 is 0 Å². The number of likely N-dealkylation sites (N-methyl/N-ethyl adjacent to an activating group) is 1. The molecule has 0 aliphatic heterocycles. The Morgan fingerprint density at radius 3 is 2.25 bits per heavy atom. The van der Waals surface area contributed by atoms with Crippen LogP contribution < -0.4 is 10.6 Å². The summed E-state index contributed by atoms with van der Waals surface area (Å²) in [5.74, 6) is -1.32. The highest BCUT2D eigenvalue weighted by molar-refractivity contribution is 5.87. The predicted octanol–water partition coefficient (Wildman–Crippen LogP) is 0.406. The lowest BCUT2D eigenvalue weighted by atomic mass is 9.87.